The molecule has 0 rings (SSSR count). The van der Waals surface area contributed by atoms with Crippen molar-refractivity contribution in [1.82, 2.24) is 0 Å². The molecule has 62 heavy (non-hydrogen) atoms. The molecule has 0 amide bonds. The molecule has 0 heterocycles. The highest BCUT2D eigenvalue weighted by atomic mass is 31.2. The zero-order chi connectivity index (χ0) is 45.5. The van der Waals surface area contributed by atoms with Gasteiger partial charge in [-0.3, -0.25) is 18.6 Å². The van der Waals surface area contributed by atoms with E-state index in [0.717, 1.165) is 38.5 Å². The number of allylic oxidation sites excluding steroid dienone is 4. The highest BCUT2D eigenvalue weighted by molar-refractivity contribution is 7.47. The third kappa shape index (κ3) is 46.4. The number of phosphoric ester groups is 1. The molecule has 11 heteroatoms. The van der Waals surface area contributed by atoms with E-state index in [-0.39, 0.29) is 19.4 Å². The highest BCUT2D eigenvalue weighted by Gasteiger charge is 2.27. The molecule has 0 saturated carbocycles. The normalized spacial score (nSPS) is 13.8. The number of carbonyl (C=O) groups is 2. The predicted molar refractivity (Wildman–Crippen MR) is 256 cm³/mol. The summed E-state index contributed by atoms with van der Waals surface area (Å²) in [6.45, 7) is 2.39. The van der Waals surface area contributed by atoms with Gasteiger partial charge >= 0.3 is 19.8 Å². The minimum absolute atomic E-state index is 0.128. The van der Waals surface area contributed by atoms with E-state index >= 15 is 0 Å². The number of aliphatic hydroxyl groups is 2. The Balaban J connectivity index is 4.20. The third-order valence-electron chi connectivity index (χ3n) is 11.3. The minimum atomic E-state index is -4.63. The number of hydrogen-bond donors (Lipinski definition) is 3. The smallest absolute Gasteiger partial charge is 0.462 e. The fourth-order valence-corrected chi connectivity index (χ4v) is 8.16. The van der Waals surface area contributed by atoms with Crippen LogP contribution in [0, 0.1) is 0 Å². The van der Waals surface area contributed by atoms with Crippen LogP contribution < -0.4 is 0 Å². The molecule has 0 aliphatic carbocycles. The van der Waals surface area contributed by atoms with Crippen molar-refractivity contribution in [2.75, 3.05) is 26.4 Å². The summed E-state index contributed by atoms with van der Waals surface area (Å²) in [5.41, 5.74) is 0. The molecule has 0 spiro atoms. The Kier molecular flexibility index (Phi) is 46.2. The van der Waals surface area contributed by atoms with Gasteiger partial charge in [-0.25, -0.2) is 4.57 Å². The summed E-state index contributed by atoms with van der Waals surface area (Å²) < 4.78 is 32.8. The first-order valence-electron chi connectivity index (χ1n) is 25.8. The van der Waals surface area contributed by atoms with E-state index < -0.39 is 51.8 Å². The van der Waals surface area contributed by atoms with Gasteiger partial charge in [0.15, 0.2) is 6.10 Å². The minimum Gasteiger partial charge on any atom is -0.462 e. The van der Waals surface area contributed by atoms with Crippen LogP contribution in [0.2, 0.25) is 0 Å². The van der Waals surface area contributed by atoms with Crippen molar-refractivity contribution in [1.29, 1.82) is 0 Å². The fraction of sp³-hybridized carbons (Fsp3) is 0.882. The van der Waals surface area contributed by atoms with Gasteiger partial charge in [-0.2, -0.15) is 0 Å². The summed E-state index contributed by atoms with van der Waals surface area (Å²) in [7, 11) is -4.63. The molecule has 0 fully saturated rings. The van der Waals surface area contributed by atoms with Crippen LogP contribution in [0.4, 0.5) is 0 Å². The Morgan fingerprint density at radius 1 is 0.468 bits per heavy atom. The van der Waals surface area contributed by atoms with Crippen LogP contribution >= 0.6 is 7.82 Å². The van der Waals surface area contributed by atoms with Crippen LogP contribution in [0.3, 0.4) is 0 Å². The average molecular weight is 901 g/mol. The number of esters is 2. The van der Waals surface area contributed by atoms with Crippen LogP contribution in [-0.4, -0.2) is 65.7 Å². The number of phosphoric acid groups is 1. The summed E-state index contributed by atoms with van der Waals surface area (Å²) in [6.07, 6.45) is 50.2. The van der Waals surface area contributed by atoms with Crippen molar-refractivity contribution < 1.29 is 47.8 Å². The van der Waals surface area contributed by atoms with Gasteiger partial charge in [-0.05, 0) is 44.9 Å². The molecule has 0 bridgehead atoms. The van der Waals surface area contributed by atoms with Crippen molar-refractivity contribution in [2.45, 2.75) is 264 Å². The Hall–Kier alpha value is -1.55. The zero-order valence-corrected chi connectivity index (χ0v) is 41.0. The number of unbranched alkanes of at least 4 members (excludes halogenated alkanes) is 31. The van der Waals surface area contributed by atoms with E-state index in [4.69, 9.17) is 23.6 Å². The van der Waals surface area contributed by atoms with E-state index in [1.807, 2.05) is 0 Å². The molecule has 0 saturated heterocycles. The van der Waals surface area contributed by atoms with Gasteiger partial charge in [0.2, 0.25) is 0 Å². The van der Waals surface area contributed by atoms with Crippen LogP contribution in [0.15, 0.2) is 24.3 Å². The Bertz CT molecular complexity index is 1080. The molecule has 366 valence electrons. The number of rotatable bonds is 49. The molecule has 0 aliphatic rings. The lowest BCUT2D eigenvalue weighted by atomic mass is 10.0. The number of carbonyl (C=O) groups excluding carboxylic acids is 2. The third-order valence-corrected chi connectivity index (χ3v) is 12.3. The Labute approximate surface area is 380 Å². The van der Waals surface area contributed by atoms with Crippen molar-refractivity contribution >= 4 is 19.8 Å². The summed E-state index contributed by atoms with van der Waals surface area (Å²) in [5, 5.41) is 18.4. The fourth-order valence-electron chi connectivity index (χ4n) is 7.37. The summed E-state index contributed by atoms with van der Waals surface area (Å²) >= 11 is 0. The standard InChI is InChI=1S/C51H97O10P/c1-3-5-7-9-11-13-15-17-19-21-22-23-24-25-26-27-29-31-33-35-37-39-41-43-51(55)61-49(47-60-62(56,57)59-45-48(53)44-52)46-58-50(54)42-40-38-36-34-32-30-28-20-18-16-14-12-10-8-6-4-2/h27,29,35,37,48-49,52-53H,3-26,28,30-34,36,38-47H2,1-2H3,(H,56,57)/b29-27+,37-35+/t48-,49+/m0/s1. The van der Waals surface area contributed by atoms with Crippen molar-refractivity contribution in [3.8, 4) is 0 Å². The van der Waals surface area contributed by atoms with E-state index in [1.54, 1.807) is 0 Å². The lowest BCUT2D eigenvalue weighted by Gasteiger charge is -2.20. The molecular formula is C51H97O10P. The van der Waals surface area contributed by atoms with Gasteiger partial charge in [0.25, 0.3) is 0 Å². The molecule has 3 atom stereocenters. The van der Waals surface area contributed by atoms with Gasteiger partial charge in [0.05, 0.1) is 19.8 Å². The molecule has 0 aliphatic heterocycles. The molecule has 1 unspecified atom stereocenters. The summed E-state index contributed by atoms with van der Waals surface area (Å²) in [5.74, 6) is -0.961. The molecule has 0 aromatic rings. The quantitative estimate of drug-likeness (QED) is 0.0233. The largest absolute Gasteiger partial charge is 0.472 e. The second-order valence-corrected chi connectivity index (χ2v) is 19.0. The summed E-state index contributed by atoms with van der Waals surface area (Å²) in [6, 6.07) is 0. The first-order valence-corrected chi connectivity index (χ1v) is 27.3. The van der Waals surface area contributed by atoms with Gasteiger partial charge in [0, 0.05) is 12.8 Å². The Morgan fingerprint density at radius 3 is 1.26 bits per heavy atom. The topological polar surface area (TPSA) is 149 Å². The maximum absolute atomic E-state index is 12.7. The van der Waals surface area contributed by atoms with Crippen LogP contribution in [0.25, 0.3) is 0 Å². The van der Waals surface area contributed by atoms with Gasteiger partial charge in [-0.1, -0.05) is 218 Å². The second-order valence-electron chi connectivity index (χ2n) is 17.5. The van der Waals surface area contributed by atoms with E-state index in [1.165, 1.54) is 167 Å². The average Bonchev–Trinajstić information content (AvgIpc) is 3.26. The lowest BCUT2D eigenvalue weighted by Crippen LogP contribution is -2.29. The maximum Gasteiger partial charge on any atom is 0.472 e. The SMILES string of the molecule is CCCCCCCCCCCCCCCC/C=C/CC/C=C/CCCC(=O)O[C@H](COC(=O)CCCCCCCCCCCCCCCCCC)COP(=O)(O)OC[C@@H](O)CO. The molecular weight excluding hydrogens is 804 g/mol. The number of hydrogen-bond acceptors (Lipinski definition) is 9. The van der Waals surface area contributed by atoms with E-state index in [2.05, 4.69) is 38.2 Å². The zero-order valence-electron chi connectivity index (χ0n) is 40.1. The van der Waals surface area contributed by atoms with Crippen molar-refractivity contribution in [3.63, 3.8) is 0 Å². The number of aliphatic hydroxyl groups excluding tert-OH is 2. The maximum atomic E-state index is 12.7. The highest BCUT2D eigenvalue weighted by Crippen LogP contribution is 2.43. The first kappa shape index (κ1) is 60.5. The predicted octanol–water partition coefficient (Wildman–Crippen LogP) is 14.5. The monoisotopic (exact) mass is 901 g/mol. The van der Waals surface area contributed by atoms with Gasteiger partial charge < -0.3 is 24.6 Å². The molecule has 0 aromatic heterocycles. The molecule has 10 nitrogen and oxygen atoms in total. The molecule has 0 radical (unpaired) electrons. The number of ether oxygens (including phenoxy) is 2. The van der Waals surface area contributed by atoms with Crippen LogP contribution in [-0.2, 0) is 32.7 Å². The summed E-state index contributed by atoms with van der Waals surface area (Å²) in [4.78, 5) is 35.1. The van der Waals surface area contributed by atoms with Crippen LogP contribution in [0.1, 0.15) is 251 Å². The second kappa shape index (κ2) is 47.4. The van der Waals surface area contributed by atoms with Crippen molar-refractivity contribution in [2.24, 2.45) is 0 Å². The van der Waals surface area contributed by atoms with Crippen LogP contribution in [0.5, 0.6) is 0 Å². The van der Waals surface area contributed by atoms with Crippen molar-refractivity contribution in [3.05, 3.63) is 24.3 Å². The van der Waals surface area contributed by atoms with Gasteiger partial charge in [-0.15, -0.1) is 0 Å². The molecule has 0 aromatic carbocycles. The molecule has 3 N–H and O–H groups in total. The lowest BCUT2D eigenvalue weighted by molar-refractivity contribution is -0.161. The van der Waals surface area contributed by atoms with E-state index in [9.17, 15) is 24.2 Å². The first-order chi connectivity index (χ1) is 30.2. The Morgan fingerprint density at radius 2 is 0.823 bits per heavy atom. The van der Waals surface area contributed by atoms with Gasteiger partial charge in [0.1, 0.15) is 12.7 Å². The van der Waals surface area contributed by atoms with E-state index in [0.29, 0.717) is 19.3 Å².